The zero-order valence-corrected chi connectivity index (χ0v) is 10.2. The molecule has 1 saturated carbocycles. The van der Waals surface area contributed by atoms with Crippen molar-refractivity contribution in [2.24, 2.45) is 0 Å². The minimum atomic E-state index is 0.184. The number of nitrogens with one attached hydrogen (secondary N) is 3. The molecule has 1 aliphatic rings. The lowest BCUT2D eigenvalue weighted by Gasteiger charge is -2.11. The molecule has 17 heavy (non-hydrogen) atoms. The van der Waals surface area contributed by atoms with E-state index >= 15 is 0 Å². The van der Waals surface area contributed by atoms with Crippen LogP contribution in [0.4, 0.5) is 0 Å². The topological polar surface area (TPSA) is 69.8 Å². The molecule has 94 valence electrons. The first-order valence-electron chi connectivity index (χ1n) is 6.27. The van der Waals surface area contributed by atoms with Crippen molar-refractivity contribution in [2.45, 2.75) is 44.7 Å². The van der Waals surface area contributed by atoms with Crippen LogP contribution in [0.25, 0.3) is 0 Å². The molecular weight excluding hydrogens is 216 g/mol. The normalized spacial score (nSPS) is 16.8. The van der Waals surface area contributed by atoms with Crippen LogP contribution in [0, 0.1) is 0 Å². The standard InChI is InChI=1S/C12H20N4O/c1-9(11-6-8-14-16-11)13-7-2-3-12(17)15-10-4-5-10/h6,8-10,13H,2-5,7H2,1H3,(H,14,16)(H,15,17). The summed E-state index contributed by atoms with van der Waals surface area (Å²) in [6.45, 7) is 2.93. The van der Waals surface area contributed by atoms with Gasteiger partial charge in [-0.25, -0.2) is 0 Å². The SMILES string of the molecule is CC(NCCCC(=O)NC1CC1)c1ccn[nH]1. The second kappa shape index (κ2) is 5.82. The van der Waals surface area contributed by atoms with E-state index in [1.165, 1.54) is 0 Å². The summed E-state index contributed by atoms with van der Waals surface area (Å²) in [5, 5.41) is 13.2. The van der Waals surface area contributed by atoms with Gasteiger partial charge in [0.2, 0.25) is 5.91 Å². The average Bonchev–Trinajstić information content (AvgIpc) is 2.96. The van der Waals surface area contributed by atoms with E-state index in [-0.39, 0.29) is 11.9 Å². The summed E-state index contributed by atoms with van der Waals surface area (Å²) in [5.41, 5.74) is 1.08. The number of hydrogen-bond donors (Lipinski definition) is 3. The Kier molecular flexibility index (Phi) is 4.14. The highest BCUT2D eigenvalue weighted by atomic mass is 16.1. The van der Waals surface area contributed by atoms with E-state index in [2.05, 4.69) is 27.8 Å². The molecule has 2 rings (SSSR count). The molecular formula is C12H20N4O. The maximum Gasteiger partial charge on any atom is 0.220 e. The quantitative estimate of drug-likeness (QED) is 0.621. The Balaban J connectivity index is 1.54. The molecule has 1 unspecified atom stereocenters. The highest BCUT2D eigenvalue weighted by Crippen LogP contribution is 2.18. The Morgan fingerprint density at radius 1 is 1.65 bits per heavy atom. The Morgan fingerprint density at radius 3 is 3.12 bits per heavy atom. The molecule has 1 heterocycles. The Labute approximate surface area is 101 Å². The van der Waals surface area contributed by atoms with Gasteiger partial charge in [-0.05, 0) is 38.8 Å². The largest absolute Gasteiger partial charge is 0.353 e. The van der Waals surface area contributed by atoms with Crippen LogP contribution in [-0.2, 0) is 4.79 Å². The van der Waals surface area contributed by atoms with Crippen LogP contribution in [0.3, 0.4) is 0 Å². The van der Waals surface area contributed by atoms with Crippen LogP contribution < -0.4 is 10.6 Å². The molecule has 5 heteroatoms. The summed E-state index contributed by atoms with van der Waals surface area (Å²) >= 11 is 0. The molecule has 1 atom stereocenters. The Hall–Kier alpha value is -1.36. The lowest BCUT2D eigenvalue weighted by molar-refractivity contribution is -0.121. The average molecular weight is 236 g/mol. The van der Waals surface area contributed by atoms with Crippen molar-refractivity contribution in [1.29, 1.82) is 0 Å². The molecule has 1 amide bonds. The van der Waals surface area contributed by atoms with Gasteiger partial charge in [0.25, 0.3) is 0 Å². The molecule has 0 radical (unpaired) electrons. The number of hydrogen-bond acceptors (Lipinski definition) is 3. The fourth-order valence-corrected chi connectivity index (χ4v) is 1.71. The lowest BCUT2D eigenvalue weighted by Crippen LogP contribution is -2.27. The molecule has 1 aromatic heterocycles. The van der Waals surface area contributed by atoms with Gasteiger partial charge >= 0.3 is 0 Å². The molecule has 0 spiro atoms. The maximum atomic E-state index is 11.4. The zero-order chi connectivity index (χ0) is 12.1. The van der Waals surface area contributed by atoms with Gasteiger partial charge in [0.15, 0.2) is 0 Å². The number of aromatic amines is 1. The molecule has 1 aromatic rings. The highest BCUT2D eigenvalue weighted by Gasteiger charge is 2.22. The number of H-pyrrole nitrogens is 1. The number of carbonyl (C=O) groups excluding carboxylic acids is 1. The van der Waals surface area contributed by atoms with Crippen LogP contribution in [0.2, 0.25) is 0 Å². The molecule has 0 aromatic carbocycles. The van der Waals surface area contributed by atoms with E-state index in [0.29, 0.717) is 12.5 Å². The first-order chi connectivity index (χ1) is 8.25. The molecule has 5 nitrogen and oxygen atoms in total. The van der Waals surface area contributed by atoms with E-state index in [9.17, 15) is 4.79 Å². The van der Waals surface area contributed by atoms with Crippen molar-refractivity contribution in [3.63, 3.8) is 0 Å². The van der Waals surface area contributed by atoms with E-state index < -0.39 is 0 Å². The third-order valence-electron chi connectivity index (χ3n) is 2.96. The van der Waals surface area contributed by atoms with Gasteiger partial charge in [0.05, 0.1) is 5.69 Å². The van der Waals surface area contributed by atoms with Crippen molar-refractivity contribution in [3.05, 3.63) is 18.0 Å². The van der Waals surface area contributed by atoms with Crippen LogP contribution in [0.1, 0.15) is 44.3 Å². The van der Waals surface area contributed by atoms with Gasteiger partial charge in [-0.3, -0.25) is 9.89 Å². The smallest absolute Gasteiger partial charge is 0.220 e. The second-order valence-corrected chi connectivity index (χ2v) is 4.63. The minimum absolute atomic E-state index is 0.184. The van der Waals surface area contributed by atoms with Gasteiger partial charge in [-0.1, -0.05) is 0 Å². The van der Waals surface area contributed by atoms with Crippen LogP contribution in [-0.4, -0.2) is 28.7 Å². The number of carbonyl (C=O) groups is 1. The number of amides is 1. The second-order valence-electron chi connectivity index (χ2n) is 4.63. The fraction of sp³-hybridized carbons (Fsp3) is 0.667. The summed E-state index contributed by atoms with van der Waals surface area (Å²) in [4.78, 5) is 11.4. The molecule has 1 fully saturated rings. The number of aromatic nitrogens is 2. The summed E-state index contributed by atoms with van der Waals surface area (Å²) < 4.78 is 0. The third kappa shape index (κ3) is 4.19. The van der Waals surface area contributed by atoms with Crippen LogP contribution in [0.15, 0.2) is 12.3 Å². The summed E-state index contributed by atoms with van der Waals surface area (Å²) in [6.07, 6.45) is 5.54. The Bertz CT molecular complexity index is 345. The first-order valence-corrected chi connectivity index (χ1v) is 6.27. The van der Waals surface area contributed by atoms with E-state index in [4.69, 9.17) is 0 Å². The Morgan fingerprint density at radius 2 is 2.47 bits per heavy atom. The maximum absolute atomic E-state index is 11.4. The molecule has 0 aliphatic heterocycles. The van der Waals surface area contributed by atoms with Gasteiger partial charge in [-0.15, -0.1) is 0 Å². The summed E-state index contributed by atoms with van der Waals surface area (Å²) in [6, 6.07) is 2.68. The first kappa shape index (κ1) is 12.1. The summed E-state index contributed by atoms with van der Waals surface area (Å²) in [7, 11) is 0. The van der Waals surface area contributed by atoms with Crippen molar-refractivity contribution in [3.8, 4) is 0 Å². The summed E-state index contributed by atoms with van der Waals surface area (Å²) in [5.74, 6) is 0.184. The number of nitrogens with zero attached hydrogens (tertiary/aromatic N) is 1. The molecule has 0 bridgehead atoms. The van der Waals surface area contributed by atoms with E-state index in [1.807, 2.05) is 6.07 Å². The van der Waals surface area contributed by atoms with Crippen LogP contribution in [0.5, 0.6) is 0 Å². The molecule has 3 N–H and O–H groups in total. The van der Waals surface area contributed by atoms with Gasteiger partial charge < -0.3 is 10.6 Å². The third-order valence-corrected chi connectivity index (χ3v) is 2.96. The van der Waals surface area contributed by atoms with Crippen molar-refractivity contribution < 1.29 is 4.79 Å². The zero-order valence-electron chi connectivity index (χ0n) is 10.2. The minimum Gasteiger partial charge on any atom is -0.353 e. The molecule has 0 saturated heterocycles. The van der Waals surface area contributed by atoms with Crippen LogP contribution >= 0.6 is 0 Å². The fourth-order valence-electron chi connectivity index (χ4n) is 1.71. The van der Waals surface area contributed by atoms with Gasteiger partial charge in [0, 0.05) is 24.7 Å². The van der Waals surface area contributed by atoms with Crippen molar-refractivity contribution >= 4 is 5.91 Å². The highest BCUT2D eigenvalue weighted by molar-refractivity contribution is 5.76. The van der Waals surface area contributed by atoms with Gasteiger partial charge in [0.1, 0.15) is 0 Å². The predicted octanol–water partition coefficient (Wildman–Crippen LogP) is 1.12. The number of rotatable bonds is 7. The van der Waals surface area contributed by atoms with E-state index in [0.717, 1.165) is 31.5 Å². The monoisotopic (exact) mass is 236 g/mol. The predicted molar refractivity (Wildman–Crippen MR) is 65.4 cm³/mol. The van der Waals surface area contributed by atoms with Crippen molar-refractivity contribution in [2.75, 3.05) is 6.54 Å². The van der Waals surface area contributed by atoms with E-state index in [1.54, 1.807) is 6.20 Å². The van der Waals surface area contributed by atoms with Gasteiger partial charge in [-0.2, -0.15) is 5.10 Å². The van der Waals surface area contributed by atoms with Crippen molar-refractivity contribution in [1.82, 2.24) is 20.8 Å². The lowest BCUT2D eigenvalue weighted by atomic mass is 10.2. The molecule has 1 aliphatic carbocycles.